The molecule has 0 amide bonds. The van der Waals surface area contributed by atoms with Crippen LogP contribution in [0.4, 0.5) is 0 Å². The normalized spacial score (nSPS) is 14.6. The lowest BCUT2D eigenvalue weighted by Gasteiger charge is -2.11. The van der Waals surface area contributed by atoms with Crippen molar-refractivity contribution in [3.05, 3.63) is 36.1 Å². The Kier molecular flexibility index (Phi) is 12.8. The Balaban J connectivity index is 3.82. The number of hydrogen-bond donors (Lipinski definition) is 1. The third-order valence-corrected chi connectivity index (χ3v) is 3.50. The van der Waals surface area contributed by atoms with Gasteiger partial charge in [-0.2, -0.15) is 0 Å². The molecule has 110 valence electrons. The first-order chi connectivity index (χ1) is 9.24. The Morgan fingerprint density at radius 3 is 2.47 bits per heavy atom. The summed E-state index contributed by atoms with van der Waals surface area (Å²) in [5.41, 5.74) is 1.30. The maximum Gasteiger partial charge on any atom is 0.0791 e. The summed E-state index contributed by atoms with van der Waals surface area (Å²) in [7, 11) is 0. The maximum atomic E-state index is 8.70. The van der Waals surface area contributed by atoms with Gasteiger partial charge in [0.05, 0.1) is 6.26 Å². The second kappa shape index (κ2) is 13.5. The van der Waals surface area contributed by atoms with Gasteiger partial charge in [0.25, 0.3) is 0 Å². The molecule has 0 rings (SSSR count). The van der Waals surface area contributed by atoms with Gasteiger partial charge in [0, 0.05) is 0 Å². The minimum Gasteiger partial charge on any atom is -0.516 e. The second-order valence-corrected chi connectivity index (χ2v) is 5.43. The third kappa shape index (κ3) is 11.8. The van der Waals surface area contributed by atoms with Crippen LogP contribution in [0.15, 0.2) is 36.1 Å². The Morgan fingerprint density at radius 2 is 1.84 bits per heavy atom. The van der Waals surface area contributed by atoms with Crippen LogP contribution < -0.4 is 0 Å². The van der Waals surface area contributed by atoms with Crippen molar-refractivity contribution >= 4 is 0 Å². The Morgan fingerprint density at radius 1 is 1.11 bits per heavy atom. The summed E-state index contributed by atoms with van der Waals surface area (Å²) in [4.78, 5) is 0. The molecule has 0 aromatic carbocycles. The van der Waals surface area contributed by atoms with Crippen LogP contribution in [-0.2, 0) is 0 Å². The molecule has 0 aromatic heterocycles. The van der Waals surface area contributed by atoms with E-state index in [0.717, 1.165) is 18.6 Å². The average molecular weight is 264 g/mol. The fraction of sp³-hybridized carbons (Fsp3) is 0.667. The van der Waals surface area contributed by atoms with Crippen molar-refractivity contribution in [2.24, 2.45) is 5.92 Å². The van der Waals surface area contributed by atoms with Crippen molar-refractivity contribution < 1.29 is 5.11 Å². The molecule has 0 spiro atoms. The van der Waals surface area contributed by atoms with Gasteiger partial charge in [-0.3, -0.25) is 0 Å². The zero-order chi connectivity index (χ0) is 14.3. The zero-order valence-corrected chi connectivity index (χ0v) is 13.1. The van der Waals surface area contributed by atoms with Crippen molar-refractivity contribution in [3.8, 4) is 0 Å². The van der Waals surface area contributed by atoms with Crippen LogP contribution in [0, 0.1) is 5.92 Å². The van der Waals surface area contributed by atoms with Gasteiger partial charge in [-0.05, 0) is 37.3 Å². The van der Waals surface area contributed by atoms with E-state index in [9.17, 15) is 0 Å². The maximum absolute atomic E-state index is 8.70. The van der Waals surface area contributed by atoms with E-state index in [0.29, 0.717) is 0 Å². The molecule has 0 aliphatic carbocycles. The van der Waals surface area contributed by atoms with Gasteiger partial charge in [0.1, 0.15) is 0 Å². The molecule has 0 bridgehead atoms. The fourth-order valence-electron chi connectivity index (χ4n) is 2.26. The number of allylic oxidation sites excluding steroid dienone is 5. The van der Waals surface area contributed by atoms with Crippen molar-refractivity contribution in [2.45, 2.75) is 72.1 Å². The number of aliphatic hydroxyl groups is 1. The topological polar surface area (TPSA) is 20.2 Å². The molecule has 1 N–H and O–H groups in total. The fourth-order valence-corrected chi connectivity index (χ4v) is 2.26. The van der Waals surface area contributed by atoms with Crippen LogP contribution >= 0.6 is 0 Å². The van der Waals surface area contributed by atoms with Gasteiger partial charge in [-0.25, -0.2) is 0 Å². The van der Waals surface area contributed by atoms with E-state index in [1.165, 1.54) is 50.5 Å². The quantitative estimate of drug-likeness (QED) is 0.262. The highest BCUT2D eigenvalue weighted by atomic mass is 16.2. The second-order valence-electron chi connectivity index (χ2n) is 5.43. The molecule has 0 heterocycles. The highest BCUT2D eigenvalue weighted by molar-refractivity contribution is 5.22. The monoisotopic (exact) mass is 264 g/mol. The molecule has 1 atom stereocenters. The summed E-state index contributed by atoms with van der Waals surface area (Å²) >= 11 is 0. The Labute approximate surface area is 120 Å². The Bertz CT molecular complexity index is 273. The lowest BCUT2D eigenvalue weighted by atomic mass is 9.95. The van der Waals surface area contributed by atoms with Gasteiger partial charge < -0.3 is 5.11 Å². The first-order valence-corrected chi connectivity index (χ1v) is 7.87. The minimum atomic E-state index is 0.799. The van der Waals surface area contributed by atoms with E-state index >= 15 is 0 Å². The molecule has 0 fully saturated rings. The molecule has 0 radical (unpaired) electrons. The summed E-state index contributed by atoms with van der Waals surface area (Å²) in [5.74, 6) is 0.799. The van der Waals surface area contributed by atoms with Crippen LogP contribution in [0.1, 0.15) is 72.1 Å². The van der Waals surface area contributed by atoms with Gasteiger partial charge in [-0.15, -0.1) is 0 Å². The van der Waals surface area contributed by atoms with E-state index in [-0.39, 0.29) is 0 Å². The smallest absolute Gasteiger partial charge is 0.0791 e. The Hall–Kier alpha value is -0.980. The van der Waals surface area contributed by atoms with Gasteiger partial charge >= 0.3 is 0 Å². The molecule has 0 saturated heterocycles. The first kappa shape index (κ1) is 18.0. The van der Waals surface area contributed by atoms with Crippen molar-refractivity contribution in [2.75, 3.05) is 0 Å². The van der Waals surface area contributed by atoms with Gasteiger partial charge in [0.15, 0.2) is 0 Å². The molecular formula is C18H32O. The molecule has 1 nitrogen and oxygen atoms in total. The van der Waals surface area contributed by atoms with Crippen LogP contribution in [0.2, 0.25) is 0 Å². The summed E-state index contributed by atoms with van der Waals surface area (Å²) in [6.45, 7) is 6.65. The molecule has 0 saturated carbocycles. The number of unbranched alkanes of at least 4 members (excludes halogenated alkanes) is 4. The highest BCUT2D eigenvalue weighted by Gasteiger charge is 2.03. The van der Waals surface area contributed by atoms with Crippen LogP contribution in [0.25, 0.3) is 0 Å². The molecule has 0 aliphatic rings. The highest BCUT2D eigenvalue weighted by Crippen LogP contribution is 2.19. The minimum absolute atomic E-state index is 0.799. The van der Waals surface area contributed by atoms with Crippen LogP contribution in [0.5, 0.6) is 0 Å². The molecule has 0 aliphatic heterocycles. The van der Waals surface area contributed by atoms with Crippen molar-refractivity contribution in [1.29, 1.82) is 0 Å². The number of aliphatic hydroxyl groups excluding tert-OH is 1. The molecule has 0 aromatic rings. The number of rotatable bonds is 11. The zero-order valence-electron chi connectivity index (χ0n) is 13.1. The molecule has 1 heteroatoms. The van der Waals surface area contributed by atoms with Crippen LogP contribution in [0.3, 0.4) is 0 Å². The molecule has 19 heavy (non-hydrogen) atoms. The standard InChI is InChI=1S/C18H32O/c1-4-6-7-8-9-12-17(3)14-15-18(11-5-2)13-10-16-19/h5,10-11,13,16-17,19H,4,6-9,12,14-15H2,1-3H3/b11-5-,16-10+,18-13+. The van der Waals surface area contributed by atoms with Crippen molar-refractivity contribution in [3.63, 3.8) is 0 Å². The third-order valence-electron chi connectivity index (χ3n) is 3.50. The summed E-state index contributed by atoms with van der Waals surface area (Å²) in [5, 5.41) is 8.70. The first-order valence-electron chi connectivity index (χ1n) is 7.87. The number of hydrogen-bond acceptors (Lipinski definition) is 1. The van der Waals surface area contributed by atoms with E-state index in [1.54, 1.807) is 6.08 Å². The predicted molar refractivity (Wildman–Crippen MR) is 86.4 cm³/mol. The molecule has 1 unspecified atom stereocenters. The average Bonchev–Trinajstić information content (AvgIpc) is 2.41. The van der Waals surface area contributed by atoms with Crippen LogP contribution in [-0.4, -0.2) is 5.11 Å². The summed E-state index contributed by atoms with van der Waals surface area (Å²) < 4.78 is 0. The van der Waals surface area contributed by atoms with E-state index in [2.05, 4.69) is 26.0 Å². The predicted octanol–water partition coefficient (Wildman–Crippen LogP) is 6.34. The lowest BCUT2D eigenvalue weighted by Crippen LogP contribution is -1.96. The van der Waals surface area contributed by atoms with E-state index < -0.39 is 0 Å². The SMILES string of the molecule is C\C=C/C(=C\C=C\O)CCC(C)CCCCCCC. The summed E-state index contributed by atoms with van der Waals surface area (Å²) in [6, 6.07) is 0. The lowest BCUT2D eigenvalue weighted by molar-refractivity contribution is 0.458. The summed E-state index contributed by atoms with van der Waals surface area (Å²) in [6.07, 6.45) is 19.6. The molecular weight excluding hydrogens is 232 g/mol. The van der Waals surface area contributed by atoms with Gasteiger partial charge in [-0.1, -0.05) is 70.6 Å². The largest absolute Gasteiger partial charge is 0.516 e. The van der Waals surface area contributed by atoms with E-state index in [4.69, 9.17) is 5.11 Å². The van der Waals surface area contributed by atoms with Gasteiger partial charge in [0.2, 0.25) is 0 Å². The van der Waals surface area contributed by atoms with E-state index in [1.807, 2.05) is 13.0 Å². The van der Waals surface area contributed by atoms with Crippen molar-refractivity contribution in [1.82, 2.24) is 0 Å².